The summed E-state index contributed by atoms with van der Waals surface area (Å²) in [6.07, 6.45) is 0. The van der Waals surface area contributed by atoms with Gasteiger partial charge in [-0.25, -0.2) is 4.98 Å². The monoisotopic (exact) mass is 330 g/mol. The fraction of sp³-hybridized carbons (Fsp3) is 0.444. The molecule has 0 amide bonds. The fourth-order valence-corrected chi connectivity index (χ4v) is 2.22. The van der Waals surface area contributed by atoms with Crippen LogP contribution in [0.1, 0.15) is 25.1 Å². The van der Waals surface area contributed by atoms with Gasteiger partial charge in [-0.05, 0) is 30.5 Å². The average molecular weight is 330 g/mol. The molecule has 0 unspecified atom stereocenters. The van der Waals surface area contributed by atoms with E-state index in [-0.39, 0.29) is 0 Å². The highest BCUT2D eigenvalue weighted by atomic mass is 16.5. The third-order valence-electron chi connectivity index (χ3n) is 3.44. The number of ether oxygens (including phenoxy) is 2. The highest BCUT2D eigenvalue weighted by molar-refractivity contribution is 5.46. The number of anilines is 2. The first-order chi connectivity index (χ1) is 11.5. The highest BCUT2D eigenvalue weighted by Crippen LogP contribution is 2.27. The summed E-state index contributed by atoms with van der Waals surface area (Å²) in [4.78, 5) is 8.92. The molecule has 2 N–H and O–H groups in total. The predicted molar refractivity (Wildman–Crippen MR) is 97.0 cm³/mol. The number of benzene rings is 1. The molecule has 0 saturated carbocycles. The molecule has 0 aliphatic carbocycles. The topological polar surface area (TPSA) is 68.3 Å². The van der Waals surface area contributed by atoms with Crippen molar-refractivity contribution in [2.75, 3.05) is 31.4 Å². The van der Waals surface area contributed by atoms with Crippen LogP contribution in [0.15, 0.2) is 24.3 Å². The predicted octanol–water partition coefficient (Wildman–Crippen LogP) is 3.48. The molecule has 2 rings (SSSR count). The van der Waals surface area contributed by atoms with Gasteiger partial charge >= 0.3 is 0 Å². The van der Waals surface area contributed by atoms with Crippen molar-refractivity contribution >= 4 is 11.8 Å². The van der Waals surface area contributed by atoms with E-state index in [0.29, 0.717) is 18.4 Å². The normalized spacial score (nSPS) is 10.6. The van der Waals surface area contributed by atoms with Gasteiger partial charge in [0.25, 0.3) is 0 Å². The summed E-state index contributed by atoms with van der Waals surface area (Å²) in [6.45, 7) is 7.75. The van der Waals surface area contributed by atoms with E-state index in [9.17, 15) is 0 Å². The molecule has 0 radical (unpaired) electrons. The molecule has 0 bridgehead atoms. The fourth-order valence-electron chi connectivity index (χ4n) is 2.22. The van der Waals surface area contributed by atoms with Crippen molar-refractivity contribution < 1.29 is 9.47 Å². The van der Waals surface area contributed by atoms with Crippen LogP contribution >= 0.6 is 0 Å². The third kappa shape index (κ3) is 5.01. The Morgan fingerprint density at radius 3 is 2.42 bits per heavy atom. The van der Waals surface area contributed by atoms with E-state index in [2.05, 4.69) is 34.4 Å². The smallest absolute Gasteiger partial charge is 0.224 e. The minimum absolute atomic E-state index is 0.539. The molecule has 24 heavy (non-hydrogen) atoms. The molecule has 2 aromatic rings. The lowest BCUT2D eigenvalue weighted by atomic mass is 10.2. The largest absolute Gasteiger partial charge is 0.493 e. The van der Waals surface area contributed by atoms with E-state index in [1.165, 1.54) is 0 Å². The maximum absolute atomic E-state index is 5.33. The Bertz CT molecular complexity index is 674. The van der Waals surface area contributed by atoms with Crippen molar-refractivity contribution in [3.05, 3.63) is 35.5 Å². The van der Waals surface area contributed by atoms with Gasteiger partial charge in [0.1, 0.15) is 5.82 Å². The molecule has 1 aromatic heterocycles. The van der Waals surface area contributed by atoms with Crippen molar-refractivity contribution in [1.29, 1.82) is 0 Å². The van der Waals surface area contributed by atoms with Crippen molar-refractivity contribution in [2.24, 2.45) is 5.92 Å². The Labute approximate surface area is 143 Å². The van der Waals surface area contributed by atoms with E-state index in [4.69, 9.17) is 9.47 Å². The standard InChI is InChI=1S/C18H26N4O2/c1-12(2)10-20-18-21-13(3)8-17(22-18)19-11-14-6-7-15(23-4)16(9-14)24-5/h6-9,12H,10-11H2,1-5H3,(H2,19,20,21,22). The van der Waals surface area contributed by atoms with E-state index in [0.717, 1.165) is 35.1 Å². The molecule has 1 aromatic carbocycles. The van der Waals surface area contributed by atoms with Crippen LogP contribution in [-0.4, -0.2) is 30.7 Å². The molecule has 0 aliphatic rings. The van der Waals surface area contributed by atoms with Crippen LogP contribution in [0.3, 0.4) is 0 Å². The van der Waals surface area contributed by atoms with Gasteiger partial charge < -0.3 is 20.1 Å². The Morgan fingerprint density at radius 2 is 1.75 bits per heavy atom. The van der Waals surface area contributed by atoms with Crippen molar-refractivity contribution in [1.82, 2.24) is 9.97 Å². The zero-order valence-corrected chi connectivity index (χ0v) is 15.0. The summed E-state index contributed by atoms with van der Waals surface area (Å²) in [7, 11) is 3.26. The Kier molecular flexibility index (Phi) is 6.23. The summed E-state index contributed by atoms with van der Waals surface area (Å²) in [5.41, 5.74) is 2.01. The van der Waals surface area contributed by atoms with E-state index in [1.54, 1.807) is 14.2 Å². The number of rotatable bonds is 8. The zero-order chi connectivity index (χ0) is 17.5. The molecular weight excluding hydrogens is 304 g/mol. The summed E-state index contributed by atoms with van der Waals surface area (Å²) < 4.78 is 10.6. The van der Waals surface area contributed by atoms with Crippen LogP contribution in [0.2, 0.25) is 0 Å². The lowest BCUT2D eigenvalue weighted by Crippen LogP contribution is -2.12. The second-order valence-electron chi connectivity index (χ2n) is 6.04. The van der Waals surface area contributed by atoms with Crippen LogP contribution in [0.4, 0.5) is 11.8 Å². The number of aryl methyl sites for hydroxylation is 1. The Morgan fingerprint density at radius 1 is 1.00 bits per heavy atom. The van der Waals surface area contributed by atoms with E-state index in [1.807, 2.05) is 31.2 Å². The van der Waals surface area contributed by atoms with Crippen LogP contribution in [-0.2, 0) is 6.54 Å². The summed E-state index contributed by atoms with van der Waals surface area (Å²) >= 11 is 0. The number of nitrogens with one attached hydrogen (secondary N) is 2. The van der Waals surface area contributed by atoms with Crippen LogP contribution in [0.5, 0.6) is 11.5 Å². The first-order valence-electron chi connectivity index (χ1n) is 8.06. The number of hydrogen-bond donors (Lipinski definition) is 2. The van der Waals surface area contributed by atoms with Gasteiger partial charge in [0.15, 0.2) is 11.5 Å². The van der Waals surface area contributed by atoms with Gasteiger partial charge in [-0.1, -0.05) is 19.9 Å². The van der Waals surface area contributed by atoms with Gasteiger partial charge in [-0.2, -0.15) is 4.98 Å². The molecular formula is C18H26N4O2. The Hall–Kier alpha value is -2.50. The number of nitrogens with zero attached hydrogens (tertiary/aromatic N) is 2. The quantitative estimate of drug-likeness (QED) is 0.772. The second kappa shape index (κ2) is 8.38. The lowest BCUT2D eigenvalue weighted by molar-refractivity contribution is 0.354. The third-order valence-corrected chi connectivity index (χ3v) is 3.44. The lowest BCUT2D eigenvalue weighted by Gasteiger charge is -2.12. The highest BCUT2D eigenvalue weighted by Gasteiger charge is 2.06. The molecule has 0 fully saturated rings. The van der Waals surface area contributed by atoms with Crippen LogP contribution in [0, 0.1) is 12.8 Å². The molecule has 1 heterocycles. The average Bonchev–Trinajstić information content (AvgIpc) is 2.57. The Balaban J connectivity index is 2.06. The van der Waals surface area contributed by atoms with Crippen molar-refractivity contribution in [3.63, 3.8) is 0 Å². The van der Waals surface area contributed by atoms with Crippen molar-refractivity contribution in [3.8, 4) is 11.5 Å². The van der Waals surface area contributed by atoms with Crippen LogP contribution in [0.25, 0.3) is 0 Å². The SMILES string of the molecule is COc1ccc(CNc2cc(C)nc(NCC(C)C)n2)cc1OC. The minimum Gasteiger partial charge on any atom is -0.493 e. The van der Waals surface area contributed by atoms with Gasteiger partial charge in [-0.3, -0.25) is 0 Å². The number of hydrogen-bond acceptors (Lipinski definition) is 6. The van der Waals surface area contributed by atoms with E-state index < -0.39 is 0 Å². The van der Waals surface area contributed by atoms with E-state index >= 15 is 0 Å². The molecule has 6 heteroatoms. The van der Waals surface area contributed by atoms with Gasteiger partial charge in [0, 0.05) is 24.8 Å². The molecule has 0 aliphatic heterocycles. The summed E-state index contributed by atoms with van der Waals surface area (Å²) in [5, 5.41) is 6.59. The van der Waals surface area contributed by atoms with Crippen LogP contribution < -0.4 is 20.1 Å². The van der Waals surface area contributed by atoms with Gasteiger partial charge in [0.05, 0.1) is 14.2 Å². The second-order valence-corrected chi connectivity index (χ2v) is 6.04. The molecule has 6 nitrogen and oxygen atoms in total. The molecule has 0 saturated heterocycles. The van der Waals surface area contributed by atoms with Crippen molar-refractivity contribution in [2.45, 2.75) is 27.3 Å². The minimum atomic E-state index is 0.539. The molecule has 0 atom stereocenters. The van der Waals surface area contributed by atoms with Gasteiger partial charge in [-0.15, -0.1) is 0 Å². The summed E-state index contributed by atoms with van der Waals surface area (Å²) in [5.74, 6) is 3.42. The number of methoxy groups -OCH3 is 2. The number of aromatic nitrogens is 2. The zero-order valence-electron chi connectivity index (χ0n) is 15.0. The van der Waals surface area contributed by atoms with Gasteiger partial charge in [0.2, 0.25) is 5.95 Å². The maximum Gasteiger partial charge on any atom is 0.224 e. The first-order valence-corrected chi connectivity index (χ1v) is 8.06. The molecule has 130 valence electrons. The maximum atomic E-state index is 5.33. The molecule has 0 spiro atoms. The first kappa shape index (κ1) is 17.8. The summed E-state index contributed by atoms with van der Waals surface area (Å²) in [6, 6.07) is 7.79.